The van der Waals surface area contributed by atoms with Crippen molar-refractivity contribution in [1.29, 1.82) is 0 Å². The van der Waals surface area contributed by atoms with Gasteiger partial charge in [-0.15, -0.1) is 35.3 Å². The van der Waals surface area contributed by atoms with Crippen molar-refractivity contribution in [1.82, 2.24) is 15.6 Å². The maximum Gasteiger partial charge on any atom is 0.434 e. The van der Waals surface area contributed by atoms with Gasteiger partial charge in [-0.05, 0) is 19.3 Å². The lowest BCUT2D eigenvalue weighted by Gasteiger charge is -2.37. The molecule has 1 aliphatic rings. The molecule has 0 atom stereocenters. The van der Waals surface area contributed by atoms with Crippen molar-refractivity contribution in [2.45, 2.75) is 63.8 Å². The number of guanidine groups is 1. The van der Waals surface area contributed by atoms with Gasteiger partial charge in [0.2, 0.25) is 0 Å². The lowest BCUT2D eigenvalue weighted by atomic mass is 9.84. The number of hydrogen-bond donors (Lipinski definition) is 2. The third-order valence-electron chi connectivity index (χ3n) is 4.43. The zero-order valence-corrected chi connectivity index (χ0v) is 18.8. The molecule has 0 saturated heterocycles. The zero-order valence-electron chi connectivity index (χ0n) is 15.7. The molecule has 0 aromatic carbocycles. The maximum atomic E-state index is 12.6. The molecule has 27 heavy (non-hydrogen) atoms. The average Bonchev–Trinajstić information content (AvgIpc) is 3.10. The zero-order chi connectivity index (χ0) is 19.0. The van der Waals surface area contributed by atoms with Crippen LogP contribution >= 0.6 is 35.3 Å². The summed E-state index contributed by atoms with van der Waals surface area (Å²) in [6.45, 7) is 3.66. The van der Waals surface area contributed by atoms with Gasteiger partial charge in [0.05, 0.1) is 12.1 Å². The van der Waals surface area contributed by atoms with E-state index in [1.807, 2.05) is 0 Å². The molecule has 1 fully saturated rings. The third kappa shape index (κ3) is 7.72. The molecule has 0 amide bonds. The van der Waals surface area contributed by atoms with Gasteiger partial charge in [0.15, 0.2) is 11.7 Å². The van der Waals surface area contributed by atoms with Crippen molar-refractivity contribution >= 4 is 41.3 Å². The van der Waals surface area contributed by atoms with Crippen LogP contribution in [0.2, 0.25) is 0 Å². The molecule has 0 aliphatic heterocycles. The van der Waals surface area contributed by atoms with Crippen LogP contribution in [0.3, 0.4) is 0 Å². The van der Waals surface area contributed by atoms with E-state index < -0.39 is 11.9 Å². The molecule has 1 aromatic rings. The standard InChI is InChI=1S/C17H27F3N4OS.HI/c1-3-9-25-16(7-5-4-6-8-16)12-23-15(21-2)22-10-14-24-13(11-26-14)17(18,19)20;/h11H,3-10,12H2,1-2H3,(H2,21,22,23);1H. The van der Waals surface area contributed by atoms with Gasteiger partial charge in [0.1, 0.15) is 5.01 Å². The van der Waals surface area contributed by atoms with E-state index in [4.69, 9.17) is 4.74 Å². The van der Waals surface area contributed by atoms with E-state index in [-0.39, 0.29) is 36.1 Å². The number of hydrogen-bond acceptors (Lipinski definition) is 4. The monoisotopic (exact) mass is 520 g/mol. The van der Waals surface area contributed by atoms with Crippen molar-refractivity contribution in [2.24, 2.45) is 4.99 Å². The average molecular weight is 520 g/mol. The molecular formula is C17H28F3IN4OS. The summed E-state index contributed by atoms with van der Waals surface area (Å²) in [5.74, 6) is 0.541. The number of nitrogens with one attached hydrogen (secondary N) is 2. The second kappa shape index (κ2) is 11.4. The summed E-state index contributed by atoms with van der Waals surface area (Å²) in [7, 11) is 1.64. The summed E-state index contributed by atoms with van der Waals surface area (Å²) >= 11 is 0.984. The molecule has 2 rings (SSSR count). The fourth-order valence-corrected chi connectivity index (χ4v) is 3.77. The van der Waals surface area contributed by atoms with Gasteiger partial charge in [-0.3, -0.25) is 4.99 Å². The van der Waals surface area contributed by atoms with Crippen LogP contribution < -0.4 is 10.6 Å². The summed E-state index contributed by atoms with van der Waals surface area (Å²) in [5.41, 5.74) is -1.03. The fourth-order valence-electron chi connectivity index (χ4n) is 3.03. The number of alkyl halides is 3. The van der Waals surface area contributed by atoms with E-state index in [1.54, 1.807) is 7.05 Å². The molecule has 0 spiro atoms. The largest absolute Gasteiger partial charge is 0.434 e. The molecule has 1 aromatic heterocycles. The van der Waals surface area contributed by atoms with Crippen LogP contribution in [0.5, 0.6) is 0 Å². The highest BCUT2D eigenvalue weighted by molar-refractivity contribution is 14.0. The Kier molecular flexibility index (Phi) is 10.3. The first kappa shape index (κ1) is 24.4. The molecule has 1 aliphatic carbocycles. The van der Waals surface area contributed by atoms with Crippen molar-refractivity contribution in [2.75, 3.05) is 20.2 Å². The number of ether oxygens (including phenoxy) is 1. The number of nitrogens with zero attached hydrogens (tertiary/aromatic N) is 2. The Bertz CT molecular complexity index is 589. The van der Waals surface area contributed by atoms with Crippen molar-refractivity contribution in [3.8, 4) is 0 Å². The number of aliphatic imine (C=N–C) groups is 1. The Morgan fingerprint density at radius 1 is 1.30 bits per heavy atom. The first-order valence-electron chi connectivity index (χ1n) is 8.98. The van der Waals surface area contributed by atoms with E-state index in [1.165, 1.54) is 6.42 Å². The molecule has 156 valence electrons. The molecule has 0 bridgehead atoms. The molecule has 1 saturated carbocycles. The highest BCUT2D eigenvalue weighted by Crippen LogP contribution is 2.31. The molecule has 0 unspecified atom stereocenters. The van der Waals surface area contributed by atoms with Crippen LogP contribution in [-0.4, -0.2) is 36.7 Å². The van der Waals surface area contributed by atoms with Crippen LogP contribution in [-0.2, 0) is 17.5 Å². The van der Waals surface area contributed by atoms with E-state index in [0.717, 1.165) is 55.4 Å². The number of thiazole rings is 1. The predicted molar refractivity (Wildman–Crippen MR) is 113 cm³/mol. The van der Waals surface area contributed by atoms with Crippen molar-refractivity contribution in [3.05, 3.63) is 16.1 Å². The first-order chi connectivity index (χ1) is 12.4. The van der Waals surface area contributed by atoms with Gasteiger partial charge >= 0.3 is 6.18 Å². The number of aromatic nitrogens is 1. The quantitative estimate of drug-likeness (QED) is 0.314. The Morgan fingerprint density at radius 2 is 2.00 bits per heavy atom. The van der Waals surface area contributed by atoms with Crippen LogP contribution in [0, 0.1) is 0 Å². The summed E-state index contributed by atoms with van der Waals surface area (Å²) in [6.07, 6.45) is 2.12. The minimum atomic E-state index is -4.40. The highest BCUT2D eigenvalue weighted by atomic mass is 127. The van der Waals surface area contributed by atoms with Gasteiger partial charge in [0, 0.05) is 25.6 Å². The molecule has 10 heteroatoms. The molecular weight excluding hydrogens is 492 g/mol. The Balaban J connectivity index is 0.00000364. The summed E-state index contributed by atoms with van der Waals surface area (Å²) in [6, 6.07) is 0. The Labute approximate surface area is 179 Å². The minimum Gasteiger partial charge on any atom is -0.373 e. The molecule has 0 radical (unpaired) electrons. The second-order valence-electron chi connectivity index (χ2n) is 6.50. The van der Waals surface area contributed by atoms with Gasteiger partial charge < -0.3 is 15.4 Å². The first-order valence-corrected chi connectivity index (χ1v) is 9.86. The van der Waals surface area contributed by atoms with E-state index in [9.17, 15) is 13.2 Å². The predicted octanol–water partition coefficient (Wildman–Crippen LogP) is 4.57. The third-order valence-corrected chi connectivity index (χ3v) is 5.28. The maximum absolute atomic E-state index is 12.6. The summed E-state index contributed by atoms with van der Waals surface area (Å²) in [4.78, 5) is 7.76. The van der Waals surface area contributed by atoms with Crippen LogP contribution in [0.4, 0.5) is 13.2 Å². The van der Waals surface area contributed by atoms with E-state index in [2.05, 4.69) is 27.5 Å². The summed E-state index contributed by atoms with van der Waals surface area (Å²) in [5, 5.41) is 7.69. The Morgan fingerprint density at radius 3 is 2.56 bits per heavy atom. The van der Waals surface area contributed by atoms with E-state index >= 15 is 0 Å². The highest BCUT2D eigenvalue weighted by Gasteiger charge is 2.34. The summed E-state index contributed by atoms with van der Waals surface area (Å²) < 4.78 is 44.0. The van der Waals surface area contributed by atoms with Gasteiger partial charge in [-0.25, -0.2) is 4.98 Å². The smallest absolute Gasteiger partial charge is 0.373 e. The van der Waals surface area contributed by atoms with E-state index in [0.29, 0.717) is 17.5 Å². The van der Waals surface area contributed by atoms with Crippen LogP contribution in [0.15, 0.2) is 10.4 Å². The van der Waals surface area contributed by atoms with Crippen LogP contribution in [0.25, 0.3) is 0 Å². The molecule has 5 nitrogen and oxygen atoms in total. The SMILES string of the molecule is CCCOC1(CNC(=NC)NCc2nc(C(F)(F)F)cs2)CCCCC1.I. The lowest BCUT2D eigenvalue weighted by molar-refractivity contribution is -0.140. The second-order valence-corrected chi connectivity index (χ2v) is 7.44. The van der Waals surface area contributed by atoms with Gasteiger partial charge in [-0.2, -0.15) is 13.2 Å². The van der Waals surface area contributed by atoms with Crippen molar-refractivity contribution < 1.29 is 17.9 Å². The van der Waals surface area contributed by atoms with Gasteiger partial charge in [-0.1, -0.05) is 26.2 Å². The number of halogens is 4. The normalized spacial score (nSPS) is 17.3. The fraction of sp³-hybridized carbons (Fsp3) is 0.765. The van der Waals surface area contributed by atoms with Crippen LogP contribution in [0.1, 0.15) is 56.2 Å². The number of rotatable bonds is 7. The molecule has 1 heterocycles. The topological polar surface area (TPSA) is 58.5 Å². The minimum absolute atomic E-state index is 0. The van der Waals surface area contributed by atoms with Gasteiger partial charge in [0.25, 0.3) is 0 Å². The lowest BCUT2D eigenvalue weighted by Crippen LogP contribution is -2.49. The molecule has 2 N–H and O–H groups in total. The van der Waals surface area contributed by atoms with Crippen molar-refractivity contribution in [3.63, 3.8) is 0 Å². The Hall–Kier alpha value is -0.620.